The van der Waals surface area contributed by atoms with Crippen LogP contribution in [0, 0.1) is 18.8 Å². The van der Waals surface area contributed by atoms with Gasteiger partial charge >= 0.3 is 0 Å². The minimum Gasteiger partial charge on any atom is -0.0816 e. The van der Waals surface area contributed by atoms with Crippen molar-refractivity contribution in [3.8, 4) is 0 Å². The molecule has 0 aromatic carbocycles. The Morgan fingerprint density at radius 2 is 2.38 bits per heavy atom. The molecule has 0 aromatic heterocycles. The van der Waals surface area contributed by atoms with Gasteiger partial charge in [0.1, 0.15) is 0 Å². The van der Waals surface area contributed by atoms with E-state index in [9.17, 15) is 0 Å². The molecule has 0 spiro atoms. The van der Waals surface area contributed by atoms with Crippen molar-refractivity contribution in [2.75, 3.05) is 0 Å². The third kappa shape index (κ3) is 0.460. The monoisotopic (exact) mass is 106 g/mol. The first-order chi connectivity index (χ1) is 3.86. The molecule has 0 heterocycles. The highest BCUT2D eigenvalue weighted by Crippen LogP contribution is 2.42. The van der Waals surface area contributed by atoms with E-state index >= 15 is 0 Å². The molecule has 2 aliphatic carbocycles. The van der Waals surface area contributed by atoms with E-state index in [1.807, 2.05) is 0 Å². The second-order valence-electron chi connectivity index (χ2n) is 2.94. The van der Waals surface area contributed by atoms with Gasteiger partial charge in [-0.25, -0.2) is 0 Å². The summed E-state index contributed by atoms with van der Waals surface area (Å²) in [5.41, 5.74) is 1.17. The van der Waals surface area contributed by atoms with E-state index in [2.05, 4.69) is 6.08 Å². The van der Waals surface area contributed by atoms with Crippen molar-refractivity contribution in [2.45, 2.75) is 19.3 Å². The van der Waals surface area contributed by atoms with Crippen molar-refractivity contribution in [1.82, 2.24) is 0 Å². The van der Waals surface area contributed by atoms with Gasteiger partial charge in [0.05, 0.1) is 0 Å². The number of hydrogen-bond donors (Lipinski definition) is 0. The minimum absolute atomic E-state index is 0.778. The van der Waals surface area contributed by atoms with Gasteiger partial charge in [-0.3, -0.25) is 0 Å². The van der Waals surface area contributed by atoms with E-state index in [0.29, 0.717) is 0 Å². The molecule has 0 aromatic rings. The molecule has 2 radical (unpaired) electrons. The maximum atomic E-state index is 5.68. The third-order valence-electron chi connectivity index (χ3n) is 2.37. The molecule has 0 heteroatoms. The number of allylic oxidation sites excluding steroid dienone is 2. The second-order valence-corrected chi connectivity index (χ2v) is 2.94. The van der Waals surface area contributed by atoms with Gasteiger partial charge in [0.25, 0.3) is 0 Å². The summed E-state index contributed by atoms with van der Waals surface area (Å²) in [6.07, 6.45) is 6.35. The summed E-state index contributed by atoms with van der Waals surface area (Å²) in [7, 11) is 0. The summed E-state index contributed by atoms with van der Waals surface area (Å²) in [6, 6.07) is 0. The van der Waals surface area contributed by atoms with Crippen LogP contribution in [-0.2, 0) is 0 Å². The average Bonchev–Trinajstić information content (AvgIpc) is 2.23. The van der Waals surface area contributed by atoms with E-state index in [0.717, 1.165) is 11.8 Å². The van der Waals surface area contributed by atoms with Crippen LogP contribution < -0.4 is 0 Å². The van der Waals surface area contributed by atoms with Crippen LogP contribution in [0.2, 0.25) is 0 Å². The van der Waals surface area contributed by atoms with Crippen molar-refractivity contribution in [1.29, 1.82) is 0 Å². The molecule has 1 fully saturated rings. The normalized spacial score (nSPS) is 42.9. The summed E-state index contributed by atoms with van der Waals surface area (Å²) in [5, 5.41) is 0. The Labute approximate surface area is 50.6 Å². The van der Waals surface area contributed by atoms with E-state index in [4.69, 9.17) is 6.92 Å². The van der Waals surface area contributed by atoms with E-state index in [-0.39, 0.29) is 0 Å². The summed E-state index contributed by atoms with van der Waals surface area (Å²) in [6.45, 7) is 5.68. The standard InChI is InChI=1S/C8H10/c1-6-4-7-2-3-8(6)5-7/h1,4,7-8H,2-3,5H2. The van der Waals surface area contributed by atoms with E-state index in [1.54, 1.807) is 0 Å². The van der Waals surface area contributed by atoms with Crippen LogP contribution in [0.3, 0.4) is 0 Å². The fourth-order valence-electron chi connectivity index (χ4n) is 1.88. The fourth-order valence-corrected chi connectivity index (χ4v) is 1.88. The molecule has 42 valence electrons. The summed E-state index contributed by atoms with van der Waals surface area (Å²) < 4.78 is 0. The Balaban J connectivity index is 2.29. The maximum absolute atomic E-state index is 5.68. The van der Waals surface area contributed by atoms with Crippen LogP contribution in [0.25, 0.3) is 0 Å². The highest BCUT2D eigenvalue weighted by Gasteiger charge is 2.29. The van der Waals surface area contributed by atoms with Gasteiger partial charge in [-0.1, -0.05) is 11.6 Å². The third-order valence-corrected chi connectivity index (χ3v) is 2.37. The smallest absolute Gasteiger partial charge is 0.00569 e. The maximum Gasteiger partial charge on any atom is -0.00569 e. The second kappa shape index (κ2) is 1.37. The number of fused-ring (bicyclic) bond motifs is 2. The molecule has 0 aliphatic heterocycles. The molecule has 1 saturated carbocycles. The zero-order chi connectivity index (χ0) is 5.56. The summed E-state index contributed by atoms with van der Waals surface area (Å²) in [4.78, 5) is 0. The lowest BCUT2D eigenvalue weighted by molar-refractivity contribution is 0.671. The molecule has 2 rings (SSSR count). The Bertz CT molecular complexity index is 133. The van der Waals surface area contributed by atoms with Crippen LogP contribution in [0.5, 0.6) is 0 Å². The topological polar surface area (TPSA) is 0 Å². The zero-order valence-corrected chi connectivity index (χ0v) is 4.93. The lowest BCUT2D eigenvalue weighted by Crippen LogP contribution is -1.91. The predicted molar refractivity (Wildman–Crippen MR) is 33.2 cm³/mol. The molecular formula is C8H10. The van der Waals surface area contributed by atoms with Gasteiger partial charge in [-0.05, 0) is 38.0 Å². The molecule has 2 bridgehead atoms. The number of hydrogen-bond acceptors (Lipinski definition) is 0. The fraction of sp³-hybridized carbons (Fsp3) is 0.625. The first kappa shape index (κ1) is 4.60. The Morgan fingerprint density at radius 3 is 2.62 bits per heavy atom. The Hall–Kier alpha value is -0.260. The van der Waals surface area contributed by atoms with Crippen LogP contribution in [0.4, 0.5) is 0 Å². The first-order valence-corrected chi connectivity index (χ1v) is 3.33. The quantitative estimate of drug-likeness (QED) is 0.443. The molecule has 0 amide bonds. The van der Waals surface area contributed by atoms with Crippen LogP contribution >= 0.6 is 0 Å². The lowest BCUT2D eigenvalue weighted by Gasteiger charge is -2.05. The molecular weight excluding hydrogens is 96.1 g/mol. The molecule has 2 unspecified atom stereocenters. The highest BCUT2D eigenvalue weighted by atomic mass is 14.3. The molecule has 2 atom stereocenters. The highest BCUT2D eigenvalue weighted by molar-refractivity contribution is 5.21. The van der Waals surface area contributed by atoms with Crippen LogP contribution in [0.15, 0.2) is 11.6 Å². The number of rotatable bonds is 0. The van der Waals surface area contributed by atoms with Crippen LogP contribution in [0.1, 0.15) is 19.3 Å². The van der Waals surface area contributed by atoms with Gasteiger partial charge < -0.3 is 0 Å². The largest absolute Gasteiger partial charge is 0.0816 e. The molecule has 2 aliphatic rings. The molecule has 0 N–H and O–H groups in total. The predicted octanol–water partition coefficient (Wildman–Crippen LogP) is 2.05. The minimum atomic E-state index is 0.778. The van der Waals surface area contributed by atoms with E-state index < -0.39 is 0 Å². The van der Waals surface area contributed by atoms with E-state index in [1.165, 1.54) is 24.8 Å². The molecule has 0 nitrogen and oxygen atoms in total. The average molecular weight is 106 g/mol. The lowest BCUT2D eigenvalue weighted by atomic mass is 10.0. The Morgan fingerprint density at radius 1 is 1.50 bits per heavy atom. The van der Waals surface area contributed by atoms with Gasteiger partial charge in [-0.2, -0.15) is 0 Å². The van der Waals surface area contributed by atoms with Gasteiger partial charge in [0, 0.05) is 0 Å². The van der Waals surface area contributed by atoms with Gasteiger partial charge in [-0.15, -0.1) is 0 Å². The van der Waals surface area contributed by atoms with Crippen molar-refractivity contribution >= 4 is 0 Å². The zero-order valence-electron chi connectivity index (χ0n) is 4.93. The molecule has 0 saturated heterocycles. The van der Waals surface area contributed by atoms with Gasteiger partial charge in [0.2, 0.25) is 0 Å². The summed E-state index contributed by atoms with van der Waals surface area (Å²) >= 11 is 0. The summed E-state index contributed by atoms with van der Waals surface area (Å²) in [5.74, 6) is 1.64. The SMILES string of the molecule is [CH]C1=CC2CCC1C2. The van der Waals surface area contributed by atoms with Crippen molar-refractivity contribution in [3.05, 3.63) is 18.6 Å². The molecule has 8 heavy (non-hydrogen) atoms. The van der Waals surface area contributed by atoms with Crippen molar-refractivity contribution in [2.24, 2.45) is 11.8 Å². The Kier molecular flexibility index (Phi) is 0.787. The first-order valence-electron chi connectivity index (χ1n) is 3.33. The van der Waals surface area contributed by atoms with Gasteiger partial charge in [0.15, 0.2) is 0 Å². The van der Waals surface area contributed by atoms with Crippen molar-refractivity contribution in [3.63, 3.8) is 0 Å². The van der Waals surface area contributed by atoms with Crippen LogP contribution in [-0.4, -0.2) is 0 Å². The van der Waals surface area contributed by atoms with Crippen molar-refractivity contribution < 1.29 is 0 Å².